The molecule has 0 fully saturated rings. The molecule has 0 atom stereocenters. The second-order valence-electron chi connectivity index (χ2n) is 6.61. The third-order valence-corrected chi connectivity index (χ3v) is 4.34. The van der Waals surface area contributed by atoms with Crippen LogP contribution in [0.4, 0.5) is 8.78 Å². The average molecular weight is 419 g/mol. The van der Waals surface area contributed by atoms with Gasteiger partial charge in [-0.3, -0.25) is 4.90 Å². The Hall–Kier alpha value is -3.20. The Balaban J connectivity index is 1.57. The first-order valence-electron chi connectivity index (χ1n) is 9.29. The van der Waals surface area contributed by atoms with Crippen molar-refractivity contribution in [2.45, 2.75) is 20.1 Å². The first-order chi connectivity index (χ1) is 14.5. The third-order valence-electron chi connectivity index (χ3n) is 4.34. The largest absolute Gasteiger partial charge is 0.493 e. The highest BCUT2D eigenvalue weighted by Gasteiger charge is 2.15. The number of likely N-dealkylation sites (N-methyl/N-ethyl adjacent to an activating group) is 1. The molecule has 0 aliphatic heterocycles. The maximum Gasteiger partial charge on any atom is 0.387 e. The smallest absolute Gasteiger partial charge is 0.387 e. The fourth-order valence-corrected chi connectivity index (χ4v) is 2.78. The molecule has 0 radical (unpaired) electrons. The number of methoxy groups -OCH3 is 1. The van der Waals surface area contributed by atoms with Gasteiger partial charge >= 0.3 is 6.61 Å². The lowest BCUT2D eigenvalue weighted by Crippen LogP contribution is -2.24. The lowest BCUT2D eigenvalue weighted by Gasteiger charge is -2.15. The van der Waals surface area contributed by atoms with Crippen LogP contribution in [0, 0.1) is 6.92 Å². The minimum absolute atomic E-state index is 0.0617. The SMILES string of the molecule is COc1cc(-c2noc(CN(C)CCOc3ccccc3C)n2)ccc1OC(F)F. The molecule has 0 amide bonds. The molecule has 160 valence electrons. The van der Waals surface area contributed by atoms with Crippen LogP contribution in [0.15, 0.2) is 47.0 Å². The van der Waals surface area contributed by atoms with E-state index in [-0.39, 0.29) is 11.5 Å². The van der Waals surface area contributed by atoms with Crippen molar-refractivity contribution in [2.24, 2.45) is 0 Å². The van der Waals surface area contributed by atoms with E-state index in [0.717, 1.165) is 11.3 Å². The molecule has 0 bridgehead atoms. The summed E-state index contributed by atoms with van der Waals surface area (Å²) in [5.74, 6) is 1.71. The topological polar surface area (TPSA) is 69.9 Å². The summed E-state index contributed by atoms with van der Waals surface area (Å²) in [5.41, 5.74) is 1.65. The number of nitrogens with zero attached hydrogens (tertiary/aromatic N) is 3. The van der Waals surface area contributed by atoms with Crippen molar-refractivity contribution in [3.8, 4) is 28.6 Å². The summed E-state index contributed by atoms with van der Waals surface area (Å²) < 4.78 is 45.5. The van der Waals surface area contributed by atoms with E-state index in [1.807, 2.05) is 43.1 Å². The van der Waals surface area contributed by atoms with Crippen LogP contribution in [0.1, 0.15) is 11.5 Å². The van der Waals surface area contributed by atoms with Gasteiger partial charge in [0, 0.05) is 12.1 Å². The highest BCUT2D eigenvalue weighted by molar-refractivity contribution is 5.60. The Morgan fingerprint density at radius 1 is 1.10 bits per heavy atom. The van der Waals surface area contributed by atoms with Gasteiger partial charge in [-0.15, -0.1) is 0 Å². The van der Waals surface area contributed by atoms with Gasteiger partial charge in [-0.1, -0.05) is 23.4 Å². The van der Waals surface area contributed by atoms with Crippen molar-refractivity contribution in [2.75, 3.05) is 27.3 Å². The summed E-state index contributed by atoms with van der Waals surface area (Å²) in [4.78, 5) is 6.36. The maximum atomic E-state index is 12.5. The minimum atomic E-state index is -2.94. The molecule has 0 saturated carbocycles. The molecule has 1 heterocycles. The van der Waals surface area contributed by atoms with Crippen LogP contribution in [0.2, 0.25) is 0 Å². The van der Waals surface area contributed by atoms with Gasteiger partial charge in [0.15, 0.2) is 11.5 Å². The number of benzene rings is 2. The van der Waals surface area contributed by atoms with Gasteiger partial charge < -0.3 is 18.7 Å². The van der Waals surface area contributed by atoms with E-state index in [0.29, 0.717) is 37.0 Å². The number of rotatable bonds is 10. The molecule has 3 aromatic rings. The van der Waals surface area contributed by atoms with Crippen LogP contribution in [-0.4, -0.2) is 49.0 Å². The fourth-order valence-electron chi connectivity index (χ4n) is 2.78. The summed E-state index contributed by atoms with van der Waals surface area (Å²) in [5, 5.41) is 3.96. The van der Waals surface area contributed by atoms with Crippen molar-refractivity contribution in [1.29, 1.82) is 0 Å². The minimum Gasteiger partial charge on any atom is -0.493 e. The second-order valence-corrected chi connectivity index (χ2v) is 6.61. The number of ether oxygens (including phenoxy) is 3. The molecule has 0 saturated heterocycles. The number of halogens is 2. The molecule has 0 spiro atoms. The lowest BCUT2D eigenvalue weighted by atomic mass is 10.2. The maximum absolute atomic E-state index is 12.5. The Morgan fingerprint density at radius 2 is 1.90 bits per heavy atom. The van der Waals surface area contributed by atoms with E-state index in [4.69, 9.17) is 14.0 Å². The second kappa shape index (κ2) is 10.0. The fraction of sp³-hybridized carbons (Fsp3) is 0.333. The Kier molecular flexibility index (Phi) is 7.18. The number of alkyl halides is 2. The molecule has 0 aliphatic rings. The van der Waals surface area contributed by atoms with Crippen molar-refractivity contribution in [1.82, 2.24) is 15.0 Å². The van der Waals surface area contributed by atoms with E-state index in [2.05, 4.69) is 14.9 Å². The van der Waals surface area contributed by atoms with Gasteiger partial charge in [0.25, 0.3) is 0 Å². The van der Waals surface area contributed by atoms with Crippen LogP contribution in [0.3, 0.4) is 0 Å². The molecule has 3 rings (SSSR count). The predicted molar refractivity (Wildman–Crippen MR) is 106 cm³/mol. The van der Waals surface area contributed by atoms with Gasteiger partial charge in [-0.05, 0) is 43.8 Å². The van der Waals surface area contributed by atoms with E-state index in [9.17, 15) is 8.78 Å². The molecule has 0 unspecified atom stereocenters. The van der Waals surface area contributed by atoms with Gasteiger partial charge in [0.2, 0.25) is 11.7 Å². The van der Waals surface area contributed by atoms with Crippen LogP contribution in [0.5, 0.6) is 17.2 Å². The number of aryl methyl sites for hydroxylation is 1. The highest BCUT2D eigenvalue weighted by Crippen LogP contribution is 2.32. The first kappa shape index (κ1) is 21.5. The van der Waals surface area contributed by atoms with E-state index in [1.165, 1.54) is 19.2 Å². The number of hydrogen-bond donors (Lipinski definition) is 0. The van der Waals surface area contributed by atoms with Crippen LogP contribution in [0.25, 0.3) is 11.4 Å². The quantitative estimate of drug-likeness (QED) is 0.489. The van der Waals surface area contributed by atoms with Crippen molar-refractivity contribution < 1.29 is 27.5 Å². The van der Waals surface area contributed by atoms with Gasteiger partial charge in [-0.2, -0.15) is 13.8 Å². The molecule has 0 aliphatic carbocycles. The number of para-hydroxylation sites is 1. The van der Waals surface area contributed by atoms with Gasteiger partial charge in [0.05, 0.1) is 13.7 Å². The van der Waals surface area contributed by atoms with E-state index >= 15 is 0 Å². The van der Waals surface area contributed by atoms with Crippen LogP contribution in [-0.2, 0) is 6.54 Å². The summed E-state index contributed by atoms with van der Waals surface area (Å²) in [6.07, 6.45) is 0. The number of aromatic nitrogens is 2. The summed E-state index contributed by atoms with van der Waals surface area (Å²) in [6, 6.07) is 12.3. The first-order valence-corrected chi connectivity index (χ1v) is 9.29. The molecular formula is C21H23F2N3O4. The molecule has 2 aromatic carbocycles. The summed E-state index contributed by atoms with van der Waals surface area (Å²) >= 11 is 0. The van der Waals surface area contributed by atoms with Crippen LogP contribution < -0.4 is 14.2 Å². The zero-order chi connectivity index (χ0) is 21.5. The molecule has 7 nitrogen and oxygen atoms in total. The lowest BCUT2D eigenvalue weighted by molar-refractivity contribution is -0.0512. The standard InChI is InChI=1S/C21H23F2N3O4/c1-14-6-4-5-7-16(14)28-11-10-26(2)13-19-24-20(25-30-19)15-8-9-17(29-21(22)23)18(12-15)27-3/h4-9,12,21H,10-11,13H2,1-3H3. The van der Waals surface area contributed by atoms with E-state index in [1.54, 1.807) is 6.07 Å². The van der Waals surface area contributed by atoms with Gasteiger partial charge in [0.1, 0.15) is 12.4 Å². The predicted octanol–water partition coefficient (Wildman–Crippen LogP) is 4.17. The van der Waals surface area contributed by atoms with Crippen molar-refractivity contribution in [3.63, 3.8) is 0 Å². The molecular weight excluding hydrogens is 396 g/mol. The molecule has 0 N–H and O–H groups in total. The zero-order valence-electron chi connectivity index (χ0n) is 17.0. The zero-order valence-corrected chi connectivity index (χ0v) is 17.0. The van der Waals surface area contributed by atoms with Gasteiger partial charge in [-0.25, -0.2) is 0 Å². The third kappa shape index (κ3) is 5.66. The van der Waals surface area contributed by atoms with Crippen molar-refractivity contribution >= 4 is 0 Å². The molecule has 1 aromatic heterocycles. The molecule has 9 heteroatoms. The van der Waals surface area contributed by atoms with Crippen LogP contribution >= 0.6 is 0 Å². The summed E-state index contributed by atoms with van der Waals surface area (Å²) in [6.45, 7) is 0.686. The highest BCUT2D eigenvalue weighted by atomic mass is 19.3. The Labute approximate surface area is 173 Å². The monoisotopic (exact) mass is 419 g/mol. The summed E-state index contributed by atoms with van der Waals surface area (Å²) in [7, 11) is 3.29. The molecule has 30 heavy (non-hydrogen) atoms. The Bertz CT molecular complexity index is 965. The van der Waals surface area contributed by atoms with E-state index < -0.39 is 6.61 Å². The van der Waals surface area contributed by atoms with Crippen molar-refractivity contribution in [3.05, 3.63) is 53.9 Å². The normalized spacial score (nSPS) is 11.2. The Morgan fingerprint density at radius 3 is 2.63 bits per heavy atom. The number of hydrogen-bond acceptors (Lipinski definition) is 7. The average Bonchev–Trinajstić information content (AvgIpc) is 3.17.